The molecule has 6 aromatic rings. The summed E-state index contributed by atoms with van der Waals surface area (Å²) in [6, 6.07) is 40.2. The average molecular weight is 1600 g/mol. The Hall–Kier alpha value is -4.71. The van der Waals surface area contributed by atoms with Crippen LogP contribution in [0, 0.1) is 0 Å². The molecule has 111 heavy (non-hydrogen) atoms. The maximum absolute atomic E-state index is 6.69. The highest BCUT2D eigenvalue weighted by Gasteiger charge is 2.34. The molecule has 0 aliphatic carbocycles. The second-order valence-electron chi connectivity index (χ2n) is 41.0. The smallest absolute Gasteiger partial charge is 0.290 e. The summed E-state index contributed by atoms with van der Waals surface area (Å²) in [4.78, 5) is 0. The van der Waals surface area contributed by atoms with Crippen LogP contribution in [0.4, 0.5) is 0 Å². The van der Waals surface area contributed by atoms with Crippen molar-refractivity contribution in [2.45, 2.75) is 399 Å². The lowest BCUT2D eigenvalue weighted by atomic mass is 9.80. The minimum atomic E-state index is -1.12. The number of hydrogen-bond donors (Lipinski definition) is 0. The van der Waals surface area contributed by atoms with E-state index in [4.69, 9.17) is 27.1 Å². The van der Waals surface area contributed by atoms with E-state index in [9.17, 15) is 0 Å². The fourth-order valence-corrected chi connectivity index (χ4v) is 15.5. The molecule has 0 aliphatic heterocycles. The second kappa shape index (κ2) is 44.6. The topological polar surface area (TPSA) is 150 Å². The first-order chi connectivity index (χ1) is 46.0. The van der Waals surface area contributed by atoms with Crippen LogP contribution in [-0.4, -0.2) is 34.9 Å². The molecule has 0 bridgehead atoms. The molecule has 6 N–H and O–H groups in total. The van der Waals surface area contributed by atoms with Crippen molar-refractivity contribution >= 4 is 25.1 Å². The molecule has 0 aliphatic rings. The molecule has 0 fully saturated rings. The monoisotopic (exact) mass is 1600 g/mol. The Balaban J connectivity index is -0.000000358. The van der Waals surface area contributed by atoms with Crippen LogP contribution in [0.1, 0.15) is 401 Å². The Bertz CT molecular complexity index is 3050. The lowest BCUT2D eigenvalue weighted by molar-refractivity contribution is 0.455. The third-order valence-electron chi connectivity index (χ3n) is 18.3. The first-order valence-corrected chi connectivity index (χ1v) is 42.4. The van der Waals surface area contributed by atoms with Crippen molar-refractivity contribution in [1.29, 1.82) is 0 Å². The van der Waals surface area contributed by atoms with Gasteiger partial charge in [0.25, 0.3) is 25.1 Å². The van der Waals surface area contributed by atoms with Gasteiger partial charge < -0.3 is 43.6 Å². The van der Waals surface area contributed by atoms with Crippen LogP contribution >= 0.6 is 25.1 Å². The van der Waals surface area contributed by atoms with Crippen molar-refractivity contribution in [3.05, 3.63) is 176 Å². The third-order valence-corrected chi connectivity index (χ3v) is 23.2. The highest BCUT2D eigenvalue weighted by molar-refractivity contribution is 7.48. The van der Waals surface area contributed by atoms with Crippen LogP contribution in [0.3, 0.4) is 0 Å². The Morgan fingerprint density at radius 3 is 0.378 bits per heavy atom. The summed E-state index contributed by atoms with van der Waals surface area (Å²) in [5.74, 6) is 5.69. The van der Waals surface area contributed by atoms with Crippen LogP contribution < -0.4 is 27.1 Å². The SMILES string of the molecule is C.C.C.C.C.C.CCCP(Oc1ccc(C(C)(C)C)cc1C(C)(C)C)Oc1ccc(C(C)(C)C)cc1C(C)(C)C.CCCP(Oc1ccc(C(C)(C)C)cc1C(C)(C)C)Oc1ccc(C(C)(C)C)cc1C(C)(C)C.CCCP(Oc1ccc(C(C)(C)C)cc1C(C)(C)C)Oc1ccc(C(C)(C)C)cc1C(C)(C)C.O.O.O. The Kier molecular flexibility index (Phi) is 47.0. The van der Waals surface area contributed by atoms with E-state index in [1.807, 2.05) is 0 Å². The molecule has 6 aromatic carbocycles. The first kappa shape index (κ1) is 117. The largest absolute Gasteiger partial charge is 0.438 e. The van der Waals surface area contributed by atoms with Gasteiger partial charge in [-0.25, -0.2) is 0 Å². The summed E-state index contributed by atoms with van der Waals surface area (Å²) in [6.07, 6.45) is 5.73. The van der Waals surface area contributed by atoms with Crippen molar-refractivity contribution in [2.75, 3.05) is 18.5 Å². The predicted octanol–water partition coefficient (Wildman–Crippen LogP) is 31.5. The summed E-state index contributed by atoms with van der Waals surface area (Å²) in [5, 5.41) is 0. The van der Waals surface area contributed by atoms with E-state index in [-0.39, 0.29) is 126 Å². The Labute approximate surface area is 692 Å². The molecule has 0 amide bonds. The van der Waals surface area contributed by atoms with Gasteiger partial charge >= 0.3 is 0 Å². The van der Waals surface area contributed by atoms with Gasteiger partial charge in [0, 0.05) is 51.9 Å². The molecule has 6 rings (SSSR count). The Morgan fingerprint density at radius 2 is 0.297 bits per heavy atom. The maximum Gasteiger partial charge on any atom is 0.290 e. The highest BCUT2D eigenvalue weighted by Crippen LogP contribution is 2.52. The summed E-state index contributed by atoms with van der Waals surface area (Å²) in [7, 11) is -3.35. The fourth-order valence-electron chi connectivity index (χ4n) is 11.5. The maximum atomic E-state index is 6.69. The highest BCUT2D eigenvalue weighted by atomic mass is 31.2. The fraction of sp³-hybridized carbons (Fsp3) is 0.636. The van der Waals surface area contributed by atoms with E-state index in [0.29, 0.717) is 0 Å². The van der Waals surface area contributed by atoms with Gasteiger partial charge in [0.2, 0.25) is 0 Å². The molecule has 0 atom stereocenters. The molecule has 0 saturated carbocycles. The third kappa shape index (κ3) is 35.3. The molecule has 9 nitrogen and oxygen atoms in total. The van der Waals surface area contributed by atoms with Gasteiger partial charge in [0.05, 0.1) is 0 Å². The van der Waals surface area contributed by atoms with Crippen molar-refractivity contribution in [2.24, 2.45) is 0 Å². The van der Waals surface area contributed by atoms with E-state index >= 15 is 0 Å². The predicted molar refractivity (Wildman–Crippen MR) is 504 cm³/mol. The summed E-state index contributed by atoms with van der Waals surface area (Å²) >= 11 is 0. The van der Waals surface area contributed by atoms with Crippen LogP contribution in [0.5, 0.6) is 34.5 Å². The van der Waals surface area contributed by atoms with Crippen LogP contribution in [-0.2, 0) is 65.0 Å². The quantitative estimate of drug-likeness (QED) is 0.0782. The van der Waals surface area contributed by atoms with E-state index < -0.39 is 25.1 Å². The van der Waals surface area contributed by atoms with E-state index in [2.05, 4.69) is 379 Å². The van der Waals surface area contributed by atoms with Gasteiger partial charge in [0.1, 0.15) is 34.5 Å². The van der Waals surface area contributed by atoms with E-state index in [1.54, 1.807) is 0 Å². The number of benzene rings is 6. The van der Waals surface area contributed by atoms with Crippen molar-refractivity contribution in [3.63, 3.8) is 0 Å². The standard InChI is InChI=1S/3C31H49O2P.6CH4.3H2O/c3*1-14-19-34(32-26-17-15-22(28(2,3)4)20-24(26)30(8,9)10)33-27-18-16-23(29(5,6)7)21-25(27)31(11,12)13;;;;;;;;;/h3*15-18,20-21H,14,19H2,1-13H3;6*1H4;3*1H2. The molecule has 12 heteroatoms. The van der Waals surface area contributed by atoms with Gasteiger partial charge in [0.15, 0.2) is 0 Å². The second-order valence-corrected chi connectivity index (χ2v) is 45.4. The van der Waals surface area contributed by atoms with Crippen molar-refractivity contribution in [3.8, 4) is 34.5 Å². The molecule has 0 aromatic heterocycles. The molecule has 642 valence electrons. The van der Waals surface area contributed by atoms with Gasteiger partial charge in [-0.1, -0.05) is 387 Å². The van der Waals surface area contributed by atoms with Crippen molar-refractivity contribution in [1.82, 2.24) is 0 Å². The molecule has 0 heterocycles. The first-order valence-electron chi connectivity index (χ1n) is 38.3. The summed E-state index contributed by atoms with van der Waals surface area (Å²) < 4.78 is 40.2. The van der Waals surface area contributed by atoms with Gasteiger partial charge in [-0.3, -0.25) is 0 Å². The molecule has 0 unspecified atom stereocenters. The zero-order chi connectivity index (χ0) is 78.3. The normalized spacial score (nSPS) is 12.3. The lowest BCUT2D eigenvalue weighted by Gasteiger charge is -2.30. The summed E-state index contributed by atoms with van der Waals surface area (Å²) in [6.45, 7) is 87.9. The minimum Gasteiger partial charge on any atom is -0.438 e. The van der Waals surface area contributed by atoms with E-state index in [1.165, 1.54) is 66.8 Å². The van der Waals surface area contributed by atoms with Crippen LogP contribution in [0.15, 0.2) is 109 Å². The molecule has 0 saturated heterocycles. The van der Waals surface area contributed by atoms with Crippen LogP contribution in [0.25, 0.3) is 0 Å². The van der Waals surface area contributed by atoms with Crippen LogP contribution in [0.2, 0.25) is 0 Å². The molecular weight excluding hydrogens is 1430 g/mol. The molecular formula is C99H177O9P3. The number of hydrogen-bond acceptors (Lipinski definition) is 6. The number of rotatable bonds is 18. The van der Waals surface area contributed by atoms with E-state index in [0.717, 1.165) is 72.2 Å². The summed E-state index contributed by atoms with van der Waals surface area (Å²) in [5.41, 5.74) is 15.9. The lowest BCUT2D eigenvalue weighted by Crippen LogP contribution is -2.18. The minimum absolute atomic E-state index is 0. The average Bonchev–Trinajstić information content (AvgIpc) is 0.800. The molecule has 0 spiro atoms. The Morgan fingerprint density at radius 1 is 0.189 bits per heavy atom. The van der Waals surface area contributed by atoms with Crippen molar-refractivity contribution < 1.29 is 43.6 Å². The van der Waals surface area contributed by atoms with Gasteiger partial charge in [-0.05, 0) is 154 Å². The molecule has 0 radical (unpaired) electrons. The van der Waals surface area contributed by atoms with Gasteiger partial charge in [-0.2, -0.15) is 0 Å². The zero-order valence-electron chi connectivity index (χ0n) is 73.9. The van der Waals surface area contributed by atoms with Gasteiger partial charge in [-0.15, -0.1) is 0 Å². The zero-order valence-corrected chi connectivity index (χ0v) is 76.6.